The van der Waals surface area contributed by atoms with Gasteiger partial charge in [-0.25, -0.2) is 4.98 Å². The fraction of sp³-hybridized carbons (Fsp3) is 0.643. The van der Waals surface area contributed by atoms with Crippen LogP contribution in [-0.4, -0.2) is 4.98 Å². The highest BCUT2D eigenvalue weighted by atomic mass is 14.8. The Morgan fingerprint density at radius 3 is 2.88 bits per heavy atom. The van der Waals surface area contributed by atoms with Gasteiger partial charge in [-0.1, -0.05) is 19.8 Å². The van der Waals surface area contributed by atoms with Crippen LogP contribution >= 0.6 is 0 Å². The standard InChI is InChI=1S/C14H23N3/c1-9-4-3-5-11(6-9)13(15)12-7-10(2)8-17-14(12)16/h7-9,11,13H,3-6,15H2,1-2H3,(H2,16,17). The van der Waals surface area contributed by atoms with Crippen LogP contribution in [0.5, 0.6) is 0 Å². The van der Waals surface area contributed by atoms with Gasteiger partial charge in [0.05, 0.1) is 0 Å². The number of aryl methyl sites for hydroxylation is 1. The molecule has 0 radical (unpaired) electrons. The topological polar surface area (TPSA) is 64.9 Å². The minimum absolute atomic E-state index is 0.0464. The van der Waals surface area contributed by atoms with Crippen molar-refractivity contribution in [3.05, 3.63) is 23.4 Å². The summed E-state index contributed by atoms with van der Waals surface area (Å²) in [7, 11) is 0. The van der Waals surface area contributed by atoms with Gasteiger partial charge in [0.1, 0.15) is 5.82 Å². The first kappa shape index (κ1) is 12.4. The number of nitrogens with two attached hydrogens (primary N) is 2. The number of anilines is 1. The Morgan fingerprint density at radius 2 is 2.18 bits per heavy atom. The van der Waals surface area contributed by atoms with Crippen molar-refractivity contribution < 1.29 is 0 Å². The number of aromatic nitrogens is 1. The molecule has 0 aliphatic heterocycles. The number of pyridine rings is 1. The summed E-state index contributed by atoms with van der Waals surface area (Å²) in [6.45, 7) is 4.35. The molecule has 3 atom stereocenters. The Balaban J connectivity index is 2.18. The molecule has 1 saturated carbocycles. The Bertz CT molecular complexity index is 389. The van der Waals surface area contributed by atoms with E-state index in [-0.39, 0.29) is 6.04 Å². The fourth-order valence-corrected chi connectivity index (χ4v) is 2.93. The Kier molecular flexibility index (Phi) is 3.67. The SMILES string of the molecule is Cc1cnc(N)c(C(N)C2CCCC(C)C2)c1. The molecule has 1 aliphatic rings. The van der Waals surface area contributed by atoms with E-state index in [1.165, 1.54) is 25.7 Å². The Labute approximate surface area is 104 Å². The van der Waals surface area contributed by atoms with Crippen LogP contribution in [0.2, 0.25) is 0 Å². The molecule has 3 nitrogen and oxygen atoms in total. The minimum atomic E-state index is 0.0464. The van der Waals surface area contributed by atoms with Crippen LogP contribution in [0.1, 0.15) is 49.8 Å². The van der Waals surface area contributed by atoms with Crippen LogP contribution in [-0.2, 0) is 0 Å². The highest BCUT2D eigenvalue weighted by Crippen LogP contribution is 2.37. The molecule has 4 N–H and O–H groups in total. The average Bonchev–Trinajstić information content (AvgIpc) is 2.31. The first-order chi connectivity index (χ1) is 8.08. The summed E-state index contributed by atoms with van der Waals surface area (Å²) < 4.78 is 0. The molecular weight excluding hydrogens is 210 g/mol. The molecule has 0 spiro atoms. The van der Waals surface area contributed by atoms with Crippen molar-refractivity contribution in [1.82, 2.24) is 4.98 Å². The first-order valence-electron chi connectivity index (χ1n) is 6.55. The van der Waals surface area contributed by atoms with Crippen LogP contribution in [0.15, 0.2) is 12.3 Å². The van der Waals surface area contributed by atoms with Gasteiger partial charge in [0.25, 0.3) is 0 Å². The molecule has 17 heavy (non-hydrogen) atoms. The van der Waals surface area contributed by atoms with Crippen LogP contribution in [0.25, 0.3) is 0 Å². The third-order valence-corrected chi connectivity index (χ3v) is 3.93. The van der Waals surface area contributed by atoms with Crippen LogP contribution in [0.4, 0.5) is 5.82 Å². The molecule has 0 amide bonds. The van der Waals surface area contributed by atoms with Crippen LogP contribution < -0.4 is 11.5 Å². The molecule has 1 fully saturated rings. The summed E-state index contributed by atoms with van der Waals surface area (Å²) in [6, 6.07) is 2.14. The third-order valence-electron chi connectivity index (χ3n) is 3.93. The molecule has 1 aromatic rings. The van der Waals surface area contributed by atoms with E-state index in [0.29, 0.717) is 11.7 Å². The maximum absolute atomic E-state index is 6.38. The normalized spacial score (nSPS) is 26.8. The molecule has 3 unspecified atom stereocenters. The second-order valence-electron chi connectivity index (χ2n) is 5.54. The van der Waals surface area contributed by atoms with Crippen molar-refractivity contribution in [3.63, 3.8) is 0 Å². The van der Waals surface area contributed by atoms with Crippen molar-refractivity contribution in [3.8, 4) is 0 Å². The van der Waals surface area contributed by atoms with E-state index in [2.05, 4.69) is 18.0 Å². The molecule has 1 heterocycles. The zero-order valence-corrected chi connectivity index (χ0v) is 10.8. The quantitative estimate of drug-likeness (QED) is 0.825. The number of hydrogen-bond donors (Lipinski definition) is 2. The van der Waals surface area contributed by atoms with Gasteiger partial charge < -0.3 is 11.5 Å². The van der Waals surface area contributed by atoms with Crippen molar-refractivity contribution in [1.29, 1.82) is 0 Å². The van der Waals surface area contributed by atoms with E-state index in [4.69, 9.17) is 11.5 Å². The van der Waals surface area contributed by atoms with Gasteiger partial charge in [0, 0.05) is 17.8 Å². The Hall–Kier alpha value is -1.09. The van der Waals surface area contributed by atoms with Gasteiger partial charge in [0.2, 0.25) is 0 Å². The molecule has 1 aliphatic carbocycles. The predicted molar refractivity (Wildman–Crippen MR) is 71.4 cm³/mol. The molecule has 0 bridgehead atoms. The van der Waals surface area contributed by atoms with Crippen LogP contribution in [0.3, 0.4) is 0 Å². The second kappa shape index (κ2) is 5.05. The first-order valence-corrected chi connectivity index (χ1v) is 6.55. The number of hydrogen-bond acceptors (Lipinski definition) is 3. The lowest BCUT2D eigenvalue weighted by atomic mass is 9.77. The average molecular weight is 233 g/mol. The van der Waals surface area contributed by atoms with E-state index in [1.807, 2.05) is 6.92 Å². The molecule has 2 rings (SSSR count). The van der Waals surface area contributed by atoms with Gasteiger partial charge in [-0.2, -0.15) is 0 Å². The Morgan fingerprint density at radius 1 is 1.41 bits per heavy atom. The second-order valence-corrected chi connectivity index (χ2v) is 5.54. The highest BCUT2D eigenvalue weighted by Gasteiger charge is 2.26. The molecular formula is C14H23N3. The maximum Gasteiger partial charge on any atom is 0.128 e. The monoisotopic (exact) mass is 233 g/mol. The lowest BCUT2D eigenvalue weighted by Gasteiger charge is -2.31. The van der Waals surface area contributed by atoms with Gasteiger partial charge in [-0.05, 0) is 43.2 Å². The zero-order chi connectivity index (χ0) is 12.4. The lowest BCUT2D eigenvalue weighted by molar-refractivity contribution is 0.248. The van der Waals surface area contributed by atoms with E-state index in [0.717, 1.165) is 17.0 Å². The molecule has 1 aromatic heterocycles. The van der Waals surface area contributed by atoms with Gasteiger partial charge in [0.15, 0.2) is 0 Å². The van der Waals surface area contributed by atoms with E-state index in [1.54, 1.807) is 6.20 Å². The summed E-state index contributed by atoms with van der Waals surface area (Å²) >= 11 is 0. The van der Waals surface area contributed by atoms with Crippen molar-refractivity contribution >= 4 is 5.82 Å². The molecule has 94 valence electrons. The summed E-state index contributed by atoms with van der Waals surface area (Å²) in [4.78, 5) is 4.21. The highest BCUT2D eigenvalue weighted by molar-refractivity contribution is 5.43. The molecule has 3 heteroatoms. The van der Waals surface area contributed by atoms with Crippen LogP contribution in [0, 0.1) is 18.8 Å². The van der Waals surface area contributed by atoms with Crippen molar-refractivity contribution in [2.75, 3.05) is 5.73 Å². The lowest BCUT2D eigenvalue weighted by Crippen LogP contribution is -2.27. The third kappa shape index (κ3) is 2.78. The van der Waals surface area contributed by atoms with E-state index >= 15 is 0 Å². The molecule has 0 aromatic carbocycles. The maximum atomic E-state index is 6.38. The number of nitrogen functional groups attached to an aromatic ring is 1. The van der Waals surface area contributed by atoms with E-state index < -0.39 is 0 Å². The van der Waals surface area contributed by atoms with Crippen molar-refractivity contribution in [2.45, 2.75) is 45.6 Å². The number of nitrogens with zero attached hydrogens (tertiary/aromatic N) is 1. The van der Waals surface area contributed by atoms with Gasteiger partial charge >= 0.3 is 0 Å². The largest absolute Gasteiger partial charge is 0.383 e. The number of rotatable bonds is 2. The summed E-state index contributed by atoms with van der Waals surface area (Å²) in [5, 5.41) is 0. The van der Waals surface area contributed by atoms with Crippen molar-refractivity contribution in [2.24, 2.45) is 17.6 Å². The minimum Gasteiger partial charge on any atom is -0.383 e. The summed E-state index contributed by atoms with van der Waals surface area (Å²) in [5.74, 6) is 1.95. The fourth-order valence-electron chi connectivity index (χ4n) is 2.93. The smallest absolute Gasteiger partial charge is 0.128 e. The predicted octanol–water partition coefficient (Wildman–Crippen LogP) is 2.80. The van der Waals surface area contributed by atoms with Gasteiger partial charge in [-0.3, -0.25) is 0 Å². The van der Waals surface area contributed by atoms with Gasteiger partial charge in [-0.15, -0.1) is 0 Å². The van der Waals surface area contributed by atoms with E-state index in [9.17, 15) is 0 Å². The zero-order valence-electron chi connectivity index (χ0n) is 10.8. The summed E-state index contributed by atoms with van der Waals surface area (Å²) in [5.41, 5.74) is 14.5. The molecule has 0 saturated heterocycles. The summed E-state index contributed by atoms with van der Waals surface area (Å²) in [6.07, 6.45) is 6.87.